The molecule has 0 fully saturated rings. The Morgan fingerprint density at radius 3 is 2.38 bits per heavy atom. The average Bonchev–Trinajstić information content (AvgIpc) is 1.98. The first-order valence-corrected chi connectivity index (χ1v) is 4.49. The number of hydrogen-bond acceptors (Lipinski definition) is 2. The first-order valence-electron chi connectivity index (χ1n) is 4.11. The predicted molar refractivity (Wildman–Crippen MR) is 55.8 cm³/mol. The number of benzene rings is 1. The zero-order chi connectivity index (χ0) is 10.2. The van der Waals surface area contributed by atoms with Gasteiger partial charge in [-0.25, -0.2) is 0 Å². The van der Waals surface area contributed by atoms with E-state index in [1.807, 2.05) is 6.92 Å². The molecule has 0 bridgehead atoms. The minimum Gasteiger partial charge on any atom is -0.398 e. The minimum atomic E-state index is -0.874. The van der Waals surface area contributed by atoms with Crippen molar-refractivity contribution in [3.05, 3.63) is 28.3 Å². The Morgan fingerprint density at radius 2 is 1.92 bits per heavy atom. The highest BCUT2D eigenvalue weighted by atomic mass is 35.5. The van der Waals surface area contributed by atoms with Gasteiger partial charge in [-0.1, -0.05) is 17.7 Å². The van der Waals surface area contributed by atoms with E-state index in [0.29, 0.717) is 10.7 Å². The first kappa shape index (κ1) is 10.4. The van der Waals surface area contributed by atoms with E-state index in [1.165, 1.54) is 0 Å². The largest absolute Gasteiger partial charge is 0.398 e. The quantitative estimate of drug-likeness (QED) is 0.683. The molecule has 0 heterocycles. The molecular formula is C10H14ClNO. The van der Waals surface area contributed by atoms with Gasteiger partial charge in [0.15, 0.2) is 0 Å². The van der Waals surface area contributed by atoms with Crippen LogP contribution in [0.15, 0.2) is 12.1 Å². The standard InChI is InChI=1S/C10H14ClNO/c1-6-7(10(2,3)13)4-5-8(12)9(6)11/h4-5,13H,12H2,1-3H3. The summed E-state index contributed by atoms with van der Waals surface area (Å²) in [6.45, 7) is 5.30. The molecular weight excluding hydrogens is 186 g/mol. The summed E-state index contributed by atoms with van der Waals surface area (Å²) in [6, 6.07) is 3.51. The lowest BCUT2D eigenvalue weighted by Gasteiger charge is -2.21. The van der Waals surface area contributed by atoms with E-state index < -0.39 is 5.60 Å². The summed E-state index contributed by atoms with van der Waals surface area (Å²) in [5, 5.41) is 10.3. The van der Waals surface area contributed by atoms with Gasteiger partial charge in [-0.2, -0.15) is 0 Å². The summed E-state index contributed by atoms with van der Waals surface area (Å²) in [4.78, 5) is 0. The zero-order valence-electron chi connectivity index (χ0n) is 8.06. The molecule has 3 heteroatoms. The average molecular weight is 200 g/mol. The van der Waals surface area contributed by atoms with Crippen LogP contribution in [0.3, 0.4) is 0 Å². The van der Waals surface area contributed by atoms with Gasteiger partial charge in [0.1, 0.15) is 0 Å². The van der Waals surface area contributed by atoms with Crippen molar-refractivity contribution in [1.29, 1.82) is 0 Å². The third-order valence-electron chi connectivity index (χ3n) is 2.08. The van der Waals surface area contributed by atoms with Crippen LogP contribution in [-0.4, -0.2) is 5.11 Å². The summed E-state index contributed by atoms with van der Waals surface area (Å²) < 4.78 is 0. The van der Waals surface area contributed by atoms with Crippen molar-refractivity contribution in [2.45, 2.75) is 26.4 Å². The number of nitrogen functional groups attached to an aromatic ring is 1. The highest BCUT2D eigenvalue weighted by molar-refractivity contribution is 6.33. The fourth-order valence-electron chi connectivity index (χ4n) is 1.37. The lowest BCUT2D eigenvalue weighted by molar-refractivity contribution is 0.0779. The van der Waals surface area contributed by atoms with Crippen molar-refractivity contribution < 1.29 is 5.11 Å². The molecule has 0 spiro atoms. The second-order valence-electron chi connectivity index (χ2n) is 3.70. The number of aliphatic hydroxyl groups is 1. The molecule has 72 valence electrons. The lowest BCUT2D eigenvalue weighted by atomic mass is 9.93. The monoisotopic (exact) mass is 199 g/mol. The van der Waals surface area contributed by atoms with Gasteiger partial charge < -0.3 is 10.8 Å². The van der Waals surface area contributed by atoms with E-state index in [9.17, 15) is 5.11 Å². The van der Waals surface area contributed by atoms with Crippen molar-refractivity contribution in [1.82, 2.24) is 0 Å². The summed E-state index contributed by atoms with van der Waals surface area (Å²) in [6.07, 6.45) is 0. The highest BCUT2D eigenvalue weighted by Crippen LogP contribution is 2.31. The van der Waals surface area contributed by atoms with Gasteiger partial charge in [0.25, 0.3) is 0 Å². The second kappa shape index (κ2) is 3.20. The van der Waals surface area contributed by atoms with E-state index >= 15 is 0 Å². The van der Waals surface area contributed by atoms with Crippen LogP contribution in [0.1, 0.15) is 25.0 Å². The van der Waals surface area contributed by atoms with Gasteiger partial charge in [0, 0.05) is 0 Å². The van der Waals surface area contributed by atoms with Crippen LogP contribution >= 0.6 is 11.6 Å². The Kier molecular flexibility index (Phi) is 2.55. The SMILES string of the molecule is Cc1c(C(C)(C)O)ccc(N)c1Cl. The van der Waals surface area contributed by atoms with Crippen LogP contribution < -0.4 is 5.73 Å². The fourth-order valence-corrected chi connectivity index (χ4v) is 1.53. The number of hydrogen-bond donors (Lipinski definition) is 2. The molecule has 13 heavy (non-hydrogen) atoms. The van der Waals surface area contributed by atoms with Crippen molar-refractivity contribution in [3.8, 4) is 0 Å². The molecule has 0 radical (unpaired) electrons. The van der Waals surface area contributed by atoms with Crippen LogP contribution in [0, 0.1) is 6.92 Å². The maximum atomic E-state index is 9.79. The minimum absolute atomic E-state index is 0.527. The Balaban J connectivity index is 3.35. The maximum Gasteiger partial charge on any atom is 0.0843 e. The topological polar surface area (TPSA) is 46.2 Å². The Bertz CT molecular complexity index is 328. The molecule has 0 aliphatic rings. The molecule has 0 unspecified atom stereocenters. The molecule has 0 aromatic heterocycles. The molecule has 0 aliphatic heterocycles. The predicted octanol–water partition coefficient (Wildman–Crippen LogP) is 2.46. The molecule has 2 nitrogen and oxygen atoms in total. The Labute approximate surface area is 83.3 Å². The molecule has 0 amide bonds. The molecule has 0 atom stereocenters. The molecule has 1 rings (SSSR count). The second-order valence-corrected chi connectivity index (χ2v) is 4.08. The van der Waals surface area contributed by atoms with Crippen molar-refractivity contribution in [2.75, 3.05) is 5.73 Å². The molecule has 0 aliphatic carbocycles. The smallest absolute Gasteiger partial charge is 0.0843 e. The number of nitrogens with two attached hydrogens (primary N) is 1. The van der Waals surface area contributed by atoms with E-state index in [1.54, 1.807) is 26.0 Å². The Morgan fingerprint density at radius 1 is 1.38 bits per heavy atom. The van der Waals surface area contributed by atoms with Gasteiger partial charge in [-0.3, -0.25) is 0 Å². The van der Waals surface area contributed by atoms with Crippen LogP contribution in [0.4, 0.5) is 5.69 Å². The van der Waals surface area contributed by atoms with Gasteiger partial charge in [-0.05, 0) is 38.0 Å². The van der Waals surface area contributed by atoms with Crippen molar-refractivity contribution in [2.24, 2.45) is 0 Å². The number of halogens is 1. The Hall–Kier alpha value is -0.730. The molecule has 0 saturated heterocycles. The summed E-state index contributed by atoms with van der Waals surface area (Å²) in [7, 11) is 0. The molecule has 1 aromatic rings. The van der Waals surface area contributed by atoms with Crippen molar-refractivity contribution in [3.63, 3.8) is 0 Å². The van der Waals surface area contributed by atoms with E-state index in [4.69, 9.17) is 17.3 Å². The zero-order valence-corrected chi connectivity index (χ0v) is 8.81. The van der Waals surface area contributed by atoms with Gasteiger partial charge >= 0.3 is 0 Å². The summed E-state index contributed by atoms with van der Waals surface area (Å²) >= 11 is 5.95. The molecule has 3 N–H and O–H groups in total. The normalized spacial score (nSPS) is 11.8. The summed E-state index contributed by atoms with van der Waals surface area (Å²) in [5.41, 5.74) is 6.95. The lowest BCUT2D eigenvalue weighted by Crippen LogP contribution is -2.17. The first-order chi connectivity index (χ1) is 5.84. The van der Waals surface area contributed by atoms with Crippen molar-refractivity contribution >= 4 is 17.3 Å². The van der Waals surface area contributed by atoms with Crippen LogP contribution in [0.25, 0.3) is 0 Å². The van der Waals surface area contributed by atoms with Crippen LogP contribution in [0.5, 0.6) is 0 Å². The number of rotatable bonds is 1. The van der Waals surface area contributed by atoms with E-state index in [2.05, 4.69) is 0 Å². The highest BCUT2D eigenvalue weighted by Gasteiger charge is 2.20. The van der Waals surface area contributed by atoms with Gasteiger partial charge in [0.2, 0.25) is 0 Å². The number of anilines is 1. The van der Waals surface area contributed by atoms with Gasteiger partial charge in [0.05, 0.1) is 16.3 Å². The summed E-state index contributed by atoms with van der Waals surface area (Å²) in [5.74, 6) is 0. The maximum absolute atomic E-state index is 9.79. The third-order valence-corrected chi connectivity index (χ3v) is 2.58. The van der Waals surface area contributed by atoms with Gasteiger partial charge in [-0.15, -0.1) is 0 Å². The fraction of sp³-hybridized carbons (Fsp3) is 0.400. The van der Waals surface area contributed by atoms with Crippen LogP contribution in [-0.2, 0) is 5.60 Å². The van der Waals surface area contributed by atoms with E-state index in [0.717, 1.165) is 11.1 Å². The van der Waals surface area contributed by atoms with E-state index in [-0.39, 0.29) is 0 Å². The van der Waals surface area contributed by atoms with Crippen LogP contribution in [0.2, 0.25) is 5.02 Å². The molecule has 1 aromatic carbocycles. The molecule has 0 saturated carbocycles. The third kappa shape index (κ3) is 1.95.